The fourth-order valence-corrected chi connectivity index (χ4v) is 1.54. The van der Waals surface area contributed by atoms with Gasteiger partial charge in [0.2, 0.25) is 0 Å². The van der Waals surface area contributed by atoms with Gasteiger partial charge in [0.1, 0.15) is 22.3 Å². The van der Waals surface area contributed by atoms with Crippen LogP contribution in [0.2, 0.25) is 5.15 Å². The van der Waals surface area contributed by atoms with Crippen LogP contribution in [-0.2, 0) is 0 Å². The molecule has 0 aliphatic heterocycles. The zero-order valence-electron chi connectivity index (χ0n) is 7.67. The van der Waals surface area contributed by atoms with E-state index in [1.807, 2.05) is 0 Å². The maximum absolute atomic E-state index is 13.3. The number of aromatic carboxylic acids is 1. The number of halogens is 3. The Labute approximate surface area is 93.3 Å². The van der Waals surface area contributed by atoms with Crippen molar-refractivity contribution in [3.8, 4) is 0 Å². The number of benzene rings is 1. The third-order valence-corrected chi connectivity index (χ3v) is 2.35. The quantitative estimate of drug-likeness (QED) is 0.784. The number of carbonyl (C=O) groups is 1. The third-order valence-electron chi connectivity index (χ3n) is 2.07. The first kappa shape index (κ1) is 10.8. The molecule has 0 unspecified atom stereocenters. The lowest BCUT2D eigenvalue weighted by molar-refractivity contribution is 0.0697. The van der Waals surface area contributed by atoms with Crippen LogP contribution in [0.15, 0.2) is 18.2 Å². The van der Waals surface area contributed by atoms with E-state index < -0.39 is 17.6 Å². The number of aromatic nitrogens is 1. The Balaban J connectivity index is 2.89. The second-order valence-corrected chi connectivity index (χ2v) is 3.42. The second kappa shape index (κ2) is 3.68. The largest absolute Gasteiger partial charge is 0.478 e. The van der Waals surface area contributed by atoms with Gasteiger partial charge in [-0.2, -0.15) is 0 Å². The Morgan fingerprint density at radius 3 is 2.56 bits per heavy atom. The zero-order chi connectivity index (χ0) is 11.9. The van der Waals surface area contributed by atoms with E-state index in [0.717, 1.165) is 18.2 Å². The Morgan fingerprint density at radius 2 is 1.94 bits per heavy atom. The lowest BCUT2D eigenvalue weighted by Gasteiger charge is -2.03. The molecule has 16 heavy (non-hydrogen) atoms. The summed E-state index contributed by atoms with van der Waals surface area (Å²) in [6.45, 7) is 0. The Bertz CT molecular complexity index is 601. The van der Waals surface area contributed by atoms with E-state index in [1.165, 1.54) is 0 Å². The minimum atomic E-state index is -1.34. The Kier molecular flexibility index (Phi) is 2.47. The number of hydrogen-bond acceptors (Lipinski definition) is 2. The van der Waals surface area contributed by atoms with E-state index in [1.54, 1.807) is 0 Å². The molecule has 0 bridgehead atoms. The van der Waals surface area contributed by atoms with Crippen LogP contribution in [0.3, 0.4) is 0 Å². The Morgan fingerprint density at radius 1 is 1.31 bits per heavy atom. The molecule has 3 nitrogen and oxygen atoms in total. The number of carboxylic acids is 1. The van der Waals surface area contributed by atoms with Crippen molar-refractivity contribution in [2.45, 2.75) is 0 Å². The van der Waals surface area contributed by atoms with E-state index in [2.05, 4.69) is 4.98 Å². The fraction of sp³-hybridized carbons (Fsp3) is 0. The van der Waals surface area contributed by atoms with E-state index in [4.69, 9.17) is 16.7 Å². The van der Waals surface area contributed by atoms with E-state index >= 15 is 0 Å². The van der Waals surface area contributed by atoms with E-state index in [9.17, 15) is 13.6 Å². The molecule has 0 atom stereocenters. The Hall–Kier alpha value is -1.75. The van der Waals surface area contributed by atoms with Crippen molar-refractivity contribution in [2.75, 3.05) is 0 Å². The van der Waals surface area contributed by atoms with Gasteiger partial charge in [-0.15, -0.1) is 0 Å². The third kappa shape index (κ3) is 1.59. The van der Waals surface area contributed by atoms with Crippen LogP contribution in [0.25, 0.3) is 10.9 Å². The zero-order valence-corrected chi connectivity index (χ0v) is 8.42. The average molecular weight is 244 g/mol. The highest BCUT2D eigenvalue weighted by atomic mass is 35.5. The number of carboxylic acid groups (broad SMARTS) is 1. The summed E-state index contributed by atoms with van der Waals surface area (Å²) >= 11 is 5.54. The molecule has 0 aliphatic carbocycles. The van der Waals surface area contributed by atoms with E-state index in [0.29, 0.717) is 0 Å². The predicted molar refractivity (Wildman–Crippen MR) is 53.6 cm³/mol. The molecule has 1 aromatic carbocycles. The van der Waals surface area contributed by atoms with Crippen molar-refractivity contribution in [3.05, 3.63) is 40.6 Å². The van der Waals surface area contributed by atoms with Gasteiger partial charge in [-0.05, 0) is 18.2 Å². The van der Waals surface area contributed by atoms with Gasteiger partial charge in [0.05, 0.1) is 5.56 Å². The number of hydrogen-bond donors (Lipinski definition) is 1. The van der Waals surface area contributed by atoms with Crippen molar-refractivity contribution in [2.24, 2.45) is 0 Å². The summed E-state index contributed by atoms with van der Waals surface area (Å²) in [7, 11) is 0. The number of fused-ring (bicyclic) bond motifs is 1. The van der Waals surface area contributed by atoms with Crippen LogP contribution in [0.5, 0.6) is 0 Å². The summed E-state index contributed by atoms with van der Waals surface area (Å²) in [5.74, 6) is -2.85. The van der Waals surface area contributed by atoms with E-state index in [-0.39, 0.29) is 21.6 Å². The van der Waals surface area contributed by atoms with Crippen molar-refractivity contribution in [1.29, 1.82) is 0 Å². The normalized spacial score (nSPS) is 10.7. The molecule has 2 rings (SSSR count). The summed E-state index contributed by atoms with van der Waals surface area (Å²) in [6.07, 6.45) is 0. The van der Waals surface area contributed by atoms with Gasteiger partial charge in [-0.25, -0.2) is 18.6 Å². The van der Waals surface area contributed by atoms with Gasteiger partial charge in [-0.3, -0.25) is 0 Å². The lowest BCUT2D eigenvalue weighted by atomic mass is 10.1. The van der Waals surface area contributed by atoms with Crippen LogP contribution < -0.4 is 0 Å². The molecule has 1 N–H and O–H groups in total. The first-order valence-corrected chi connectivity index (χ1v) is 4.56. The molecule has 0 aliphatic rings. The predicted octanol–water partition coefficient (Wildman–Crippen LogP) is 2.86. The number of nitrogens with zero attached hydrogens (tertiary/aromatic N) is 1. The van der Waals surface area contributed by atoms with Crippen LogP contribution in [-0.4, -0.2) is 16.1 Å². The molecule has 0 radical (unpaired) electrons. The molecule has 0 saturated heterocycles. The summed E-state index contributed by atoms with van der Waals surface area (Å²) < 4.78 is 26.5. The first-order chi connectivity index (χ1) is 7.50. The summed E-state index contributed by atoms with van der Waals surface area (Å²) in [5, 5.41) is 8.17. The summed E-state index contributed by atoms with van der Waals surface area (Å²) in [6, 6.07) is 2.77. The summed E-state index contributed by atoms with van der Waals surface area (Å²) in [5.41, 5.74) is -0.645. The van der Waals surface area contributed by atoms with Crippen LogP contribution in [0, 0.1) is 11.6 Å². The minimum absolute atomic E-state index is 0.207. The van der Waals surface area contributed by atoms with Crippen molar-refractivity contribution >= 4 is 28.5 Å². The molecule has 0 saturated carbocycles. The molecule has 1 aromatic heterocycles. The van der Waals surface area contributed by atoms with Gasteiger partial charge in [0, 0.05) is 5.39 Å². The second-order valence-electron chi connectivity index (χ2n) is 3.06. The molecule has 6 heteroatoms. The van der Waals surface area contributed by atoms with Crippen molar-refractivity contribution in [1.82, 2.24) is 4.98 Å². The highest BCUT2D eigenvalue weighted by molar-refractivity contribution is 6.32. The topological polar surface area (TPSA) is 50.2 Å². The molecule has 1 heterocycles. The molecule has 82 valence electrons. The van der Waals surface area contributed by atoms with Gasteiger partial charge >= 0.3 is 5.97 Å². The monoisotopic (exact) mass is 243 g/mol. The molecular weight excluding hydrogens is 240 g/mol. The van der Waals surface area contributed by atoms with Crippen LogP contribution in [0.4, 0.5) is 8.78 Å². The number of pyridine rings is 1. The first-order valence-electron chi connectivity index (χ1n) is 4.18. The van der Waals surface area contributed by atoms with Crippen molar-refractivity contribution < 1.29 is 18.7 Å². The number of rotatable bonds is 1. The van der Waals surface area contributed by atoms with Gasteiger partial charge < -0.3 is 5.11 Å². The molecular formula is C10H4ClF2NO2. The molecule has 0 amide bonds. The standard InChI is InChI=1S/C10H4ClF2NO2/c11-9-5(10(15)16)3-4-6(12)1-2-7(13)8(4)14-9/h1-3H,(H,15,16). The molecule has 0 fully saturated rings. The lowest BCUT2D eigenvalue weighted by Crippen LogP contribution is -2.01. The maximum atomic E-state index is 13.3. The highest BCUT2D eigenvalue weighted by Gasteiger charge is 2.15. The maximum Gasteiger partial charge on any atom is 0.338 e. The summed E-state index contributed by atoms with van der Waals surface area (Å²) in [4.78, 5) is 14.2. The highest BCUT2D eigenvalue weighted by Crippen LogP contribution is 2.24. The fourth-order valence-electron chi connectivity index (χ4n) is 1.32. The van der Waals surface area contributed by atoms with Gasteiger partial charge in [0.15, 0.2) is 0 Å². The molecule has 2 aromatic rings. The smallest absolute Gasteiger partial charge is 0.338 e. The SMILES string of the molecule is O=C(O)c1cc2c(F)ccc(F)c2nc1Cl. The molecule has 0 spiro atoms. The van der Waals surface area contributed by atoms with Crippen molar-refractivity contribution in [3.63, 3.8) is 0 Å². The van der Waals surface area contributed by atoms with Gasteiger partial charge in [0.25, 0.3) is 0 Å². The van der Waals surface area contributed by atoms with Crippen LogP contribution >= 0.6 is 11.6 Å². The van der Waals surface area contributed by atoms with Gasteiger partial charge in [-0.1, -0.05) is 11.6 Å². The van der Waals surface area contributed by atoms with Crippen LogP contribution in [0.1, 0.15) is 10.4 Å². The average Bonchev–Trinajstić information content (AvgIpc) is 2.23. The minimum Gasteiger partial charge on any atom is -0.478 e.